The van der Waals surface area contributed by atoms with Gasteiger partial charge in [0.15, 0.2) is 0 Å². The molecule has 62 valence electrons. The number of halogens is 2. The Kier molecular flexibility index (Phi) is 3.40. The molecule has 0 saturated carbocycles. The second-order valence-corrected chi connectivity index (χ2v) is 3.57. The van der Waals surface area contributed by atoms with Crippen molar-refractivity contribution in [1.82, 2.24) is 10.2 Å². The fourth-order valence-electron chi connectivity index (χ4n) is 0.877. The molecule has 1 aromatic rings. The zero-order valence-electron chi connectivity index (χ0n) is 6.32. The summed E-state index contributed by atoms with van der Waals surface area (Å²) in [5.74, 6) is 0.699. The van der Waals surface area contributed by atoms with E-state index in [0.717, 1.165) is 28.7 Å². The van der Waals surface area contributed by atoms with E-state index in [9.17, 15) is 0 Å². The first-order chi connectivity index (χ1) is 5.25. The standard InChI is InChI=1S/C7H10BrClN2/c1-5-7(8)6(11-10-5)3-2-4-9/h2-4H2,1H3,(H,10,11). The molecule has 0 saturated heterocycles. The quantitative estimate of drug-likeness (QED) is 0.805. The smallest absolute Gasteiger partial charge is 0.0736 e. The molecular weight excluding hydrogens is 227 g/mol. The maximum Gasteiger partial charge on any atom is 0.0736 e. The molecule has 0 unspecified atom stereocenters. The van der Waals surface area contributed by atoms with Crippen molar-refractivity contribution >= 4 is 27.5 Å². The van der Waals surface area contributed by atoms with Crippen LogP contribution in [0.1, 0.15) is 17.8 Å². The zero-order chi connectivity index (χ0) is 8.27. The minimum atomic E-state index is 0.699. The van der Waals surface area contributed by atoms with Crippen LogP contribution in [-0.4, -0.2) is 16.1 Å². The Morgan fingerprint density at radius 2 is 2.36 bits per heavy atom. The summed E-state index contributed by atoms with van der Waals surface area (Å²) >= 11 is 9.00. The third-order valence-electron chi connectivity index (χ3n) is 1.50. The predicted molar refractivity (Wildman–Crippen MR) is 50.1 cm³/mol. The fourth-order valence-corrected chi connectivity index (χ4v) is 1.39. The molecule has 1 heterocycles. The Balaban J connectivity index is 2.63. The highest BCUT2D eigenvalue weighted by Gasteiger charge is 2.04. The number of aryl methyl sites for hydroxylation is 2. The van der Waals surface area contributed by atoms with Crippen molar-refractivity contribution in [1.29, 1.82) is 0 Å². The van der Waals surface area contributed by atoms with Gasteiger partial charge in [-0.15, -0.1) is 11.6 Å². The second kappa shape index (κ2) is 4.12. The van der Waals surface area contributed by atoms with E-state index in [-0.39, 0.29) is 0 Å². The summed E-state index contributed by atoms with van der Waals surface area (Å²) in [6.45, 7) is 1.96. The summed E-state index contributed by atoms with van der Waals surface area (Å²) in [6.07, 6.45) is 1.95. The number of H-pyrrole nitrogens is 1. The normalized spacial score (nSPS) is 10.5. The van der Waals surface area contributed by atoms with Crippen LogP contribution in [0.5, 0.6) is 0 Å². The molecule has 0 amide bonds. The van der Waals surface area contributed by atoms with Crippen LogP contribution in [0.2, 0.25) is 0 Å². The molecule has 1 rings (SSSR count). The average Bonchev–Trinajstić information content (AvgIpc) is 2.31. The monoisotopic (exact) mass is 236 g/mol. The van der Waals surface area contributed by atoms with E-state index in [0.29, 0.717) is 5.88 Å². The molecular formula is C7H10BrClN2. The first-order valence-corrected chi connectivity index (χ1v) is 4.83. The van der Waals surface area contributed by atoms with Crippen LogP contribution < -0.4 is 0 Å². The molecule has 0 aliphatic heterocycles. The van der Waals surface area contributed by atoms with Gasteiger partial charge in [-0.2, -0.15) is 5.10 Å². The Morgan fingerprint density at radius 1 is 1.64 bits per heavy atom. The summed E-state index contributed by atoms with van der Waals surface area (Å²) < 4.78 is 1.09. The molecule has 11 heavy (non-hydrogen) atoms. The molecule has 0 aliphatic rings. The molecule has 0 bridgehead atoms. The molecule has 0 atom stereocenters. The average molecular weight is 238 g/mol. The van der Waals surface area contributed by atoms with E-state index in [2.05, 4.69) is 26.1 Å². The molecule has 0 aromatic carbocycles. The van der Waals surface area contributed by atoms with Gasteiger partial charge in [-0.25, -0.2) is 0 Å². The van der Waals surface area contributed by atoms with E-state index >= 15 is 0 Å². The number of hydrogen-bond donors (Lipinski definition) is 1. The van der Waals surface area contributed by atoms with Crippen LogP contribution in [0, 0.1) is 6.92 Å². The molecule has 1 aromatic heterocycles. The highest BCUT2D eigenvalue weighted by molar-refractivity contribution is 9.10. The van der Waals surface area contributed by atoms with Crippen molar-refractivity contribution in [2.45, 2.75) is 19.8 Å². The lowest BCUT2D eigenvalue weighted by Gasteiger charge is -1.93. The summed E-state index contributed by atoms with van der Waals surface area (Å²) in [5.41, 5.74) is 2.15. The van der Waals surface area contributed by atoms with Gasteiger partial charge in [0.25, 0.3) is 0 Å². The van der Waals surface area contributed by atoms with Crippen molar-refractivity contribution in [3.63, 3.8) is 0 Å². The lowest BCUT2D eigenvalue weighted by molar-refractivity contribution is 0.867. The fraction of sp³-hybridized carbons (Fsp3) is 0.571. The van der Waals surface area contributed by atoms with Gasteiger partial charge in [0.2, 0.25) is 0 Å². The highest BCUT2D eigenvalue weighted by Crippen LogP contribution is 2.19. The summed E-state index contributed by atoms with van der Waals surface area (Å²) in [4.78, 5) is 0. The minimum absolute atomic E-state index is 0.699. The molecule has 0 aliphatic carbocycles. The van der Waals surface area contributed by atoms with Gasteiger partial charge < -0.3 is 0 Å². The first kappa shape index (κ1) is 9.07. The molecule has 0 radical (unpaired) electrons. The van der Waals surface area contributed by atoms with Crippen molar-refractivity contribution in [2.75, 3.05) is 5.88 Å². The zero-order valence-corrected chi connectivity index (χ0v) is 8.67. The van der Waals surface area contributed by atoms with E-state index < -0.39 is 0 Å². The van der Waals surface area contributed by atoms with Crippen LogP contribution in [-0.2, 0) is 6.42 Å². The van der Waals surface area contributed by atoms with Crippen molar-refractivity contribution in [3.8, 4) is 0 Å². The van der Waals surface area contributed by atoms with Gasteiger partial charge >= 0.3 is 0 Å². The Labute approximate surface area is 79.5 Å². The van der Waals surface area contributed by atoms with Gasteiger partial charge in [-0.05, 0) is 35.7 Å². The third-order valence-corrected chi connectivity index (χ3v) is 2.82. The first-order valence-electron chi connectivity index (χ1n) is 3.51. The molecule has 4 heteroatoms. The summed E-state index contributed by atoms with van der Waals surface area (Å²) in [5, 5.41) is 7.01. The second-order valence-electron chi connectivity index (χ2n) is 2.39. The lowest BCUT2D eigenvalue weighted by Crippen LogP contribution is -1.87. The summed E-state index contributed by atoms with van der Waals surface area (Å²) in [7, 11) is 0. The van der Waals surface area contributed by atoms with E-state index in [1.807, 2.05) is 6.92 Å². The number of rotatable bonds is 3. The maximum atomic E-state index is 5.56. The van der Waals surface area contributed by atoms with Crippen LogP contribution >= 0.6 is 27.5 Å². The van der Waals surface area contributed by atoms with Crippen LogP contribution in [0.15, 0.2) is 4.47 Å². The number of alkyl halides is 1. The van der Waals surface area contributed by atoms with E-state index in [4.69, 9.17) is 11.6 Å². The van der Waals surface area contributed by atoms with Gasteiger partial charge in [0.1, 0.15) is 0 Å². The van der Waals surface area contributed by atoms with Gasteiger partial charge in [-0.3, -0.25) is 5.10 Å². The largest absolute Gasteiger partial charge is 0.281 e. The number of aromatic nitrogens is 2. The van der Waals surface area contributed by atoms with Crippen LogP contribution in [0.4, 0.5) is 0 Å². The van der Waals surface area contributed by atoms with E-state index in [1.54, 1.807) is 0 Å². The number of nitrogens with zero attached hydrogens (tertiary/aromatic N) is 1. The van der Waals surface area contributed by atoms with Gasteiger partial charge in [0.05, 0.1) is 10.2 Å². The molecule has 2 nitrogen and oxygen atoms in total. The maximum absolute atomic E-state index is 5.56. The Morgan fingerprint density at radius 3 is 2.82 bits per heavy atom. The third kappa shape index (κ3) is 2.20. The van der Waals surface area contributed by atoms with E-state index in [1.165, 1.54) is 0 Å². The van der Waals surface area contributed by atoms with Gasteiger partial charge in [-0.1, -0.05) is 0 Å². The van der Waals surface area contributed by atoms with Crippen LogP contribution in [0.3, 0.4) is 0 Å². The van der Waals surface area contributed by atoms with Crippen molar-refractivity contribution in [3.05, 3.63) is 15.9 Å². The minimum Gasteiger partial charge on any atom is -0.281 e. The number of aromatic amines is 1. The van der Waals surface area contributed by atoms with Crippen molar-refractivity contribution in [2.24, 2.45) is 0 Å². The predicted octanol–water partition coefficient (Wildman–Crippen LogP) is 2.65. The Bertz CT molecular complexity index is 234. The Hall–Kier alpha value is -0.0200. The SMILES string of the molecule is Cc1n[nH]c(CCCCl)c1Br. The number of hydrogen-bond acceptors (Lipinski definition) is 1. The lowest BCUT2D eigenvalue weighted by atomic mass is 10.2. The van der Waals surface area contributed by atoms with Gasteiger partial charge in [0, 0.05) is 11.6 Å². The molecule has 1 N–H and O–H groups in total. The summed E-state index contributed by atoms with van der Waals surface area (Å²) in [6, 6.07) is 0. The van der Waals surface area contributed by atoms with Crippen molar-refractivity contribution < 1.29 is 0 Å². The van der Waals surface area contributed by atoms with Crippen LogP contribution in [0.25, 0.3) is 0 Å². The molecule has 0 spiro atoms. The molecule has 0 fully saturated rings. The topological polar surface area (TPSA) is 28.7 Å². The highest BCUT2D eigenvalue weighted by atomic mass is 79.9. The number of nitrogens with one attached hydrogen (secondary N) is 1.